The van der Waals surface area contributed by atoms with Gasteiger partial charge < -0.3 is 18.9 Å². The van der Waals surface area contributed by atoms with E-state index in [-0.39, 0.29) is 0 Å². The summed E-state index contributed by atoms with van der Waals surface area (Å²) in [6, 6.07) is 15.0. The highest BCUT2D eigenvalue weighted by Gasteiger charge is 2.60. The van der Waals surface area contributed by atoms with E-state index in [2.05, 4.69) is 47.3 Å². The first kappa shape index (κ1) is 14.0. The summed E-state index contributed by atoms with van der Waals surface area (Å²) < 4.78 is 19.1. The van der Waals surface area contributed by atoms with Gasteiger partial charge in [0.2, 0.25) is 0 Å². The van der Waals surface area contributed by atoms with Gasteiger partial charge in [-0.3, -0.25) is 0 Å². The quantitative estimate of drug-likeness (QED) is 0.798. The lowest BCUT2D eigenvalue weighted by atomic mass is 9.49. The largest absolute Gasteiger partial charge is 0.552 e. The lowest BCUT2D eigenvalue weighted by Gasteiger charge is -2.51. The zero-order valence-electron chi connectivity index (χ0n) is 13.2. The summed E-state index contributed by atoms with van der Waals surface area (Å²) in [4.78, 5) is 2.38. The molecule has 2 aromatic carbocycles. The second-order valence-electron chi connectivity index (χ2n) is 6.82. The Labute approximate surface area is 136 Å². The molecule has 120 valence electrons. The number of hydrogen-bond acceptors (Lipinski definition) is 4. The predicted molar refractivity (Wildman–Crippen MR) is 90.0 cm³/mol. The molecule has 23 heavy (non-hydrogen) atoms. The average Bonchev–Trinajstić information content (AvgIpc) is 3.29. The molecule has 5 rings (SSSR count). The van der Waals surface area contributed by atoms with Gasteiger partial charge >= 0.3 is 6.69 Å². The highest BCUT2D eigenvalue weighted by atomic mass is 16.7. The lowest BCUT2D eigenvalue weighted by Crippen LogP contribution is -2.64. The van der Waals surface area contributed by atoms with Crippen LogP contribution in [0.5, 0.6) is 0 Å². The van der Waals surface area contributed by atoms with Crippen LogP contribution in [0.1, 0.15) is 18.4 Å². The molecule has 0 radical (unpaired) electrons. The maximum atomic E-state index is 6.46. The number of benzene rings is 2. The fourth-order valence-electron chi connectivity index (χ4n) is 4.89. The summed E-state index contributed by atoms with van der Waals surface area (Å²) in [7, 11) is 0. The molecule has 0 aliphatic carbocycles. The Bertz CT molecular complexity index is 729. The van der Waals surface area contributed by atoms with E-state index in [4.69, 9.17) is 14.0 Å². The van der Waals surface area contributed by atoms with Gasteiger partial charge in [-0.05, 0) is 42.3 Å². The van der Waals surface area contributed by atoms with E-state index in [1.54, 1.807) is 0 Å². The van der Waals surface area contributed by atoms with Crippen LogP contribution in [0.15, 0.2) is 42.5 Å². The number of ether oxygens (including phenoxy) is 1. The molecule has 1 atom stereocenters. The zero-order chi connectivity index (χ0) is 15.3. The fraction of sp³-hybridized carbons (Fsp3) is 0.444. The van der Waals surface area contributed by atoms with Gasteiger partial charge in [-0.1, -0.05) is 42.5 Å². The number of fused-ring (bicyclic) bond motifs is 2. The van der Waals surface area contributed by atoms with E-state index in [0.717, 1.165) is 45.8 Å². The van der Waals surface area contributed by atoms with E-state index < -0.39 is 12.2 Å². The van der Waals surface area contributed by atoms with Gasteiger partial charge in [0.15, 0.2) is 0 Å². The summed E-state index contributed by atoms with van der Waals surface area (Å²) in [6.45, 7) is 2.55. The summed E-state index contributed by atoms with van der Waals surface area (Å²) >= 11 is 0. The standard InChI is InChI=1S/C18H21BNO3/c1-2-7-16-15(5-1)6-3-8-17(16)18(9-4-12-21-18)19-20(10-13-22-19)11-14-23-19/h1-3,5-8H,4,9-14H2/q-1. The van der Waals surface area contributed by atoms with Crippen molar-refractivity contribution in [3.05, 3.63) is 48.0 Å². The summed E-state index contributed by atoms with van der Waals surface area (Å²) in [5.41, 5.74) is 0.746. The average molecular weight is 310 g/mol. The smallest absolute Gasteiger partial charge is 0.353 e. The third kappa shape index (κ3) is 1.76. The second kappa shape index (κ2) is 5.05. The molecule has 1 unspecified atom stereocenters. The van der Waals surface area contributed by atoms with Gasteiger partial charge in [-0.15, -0.1) is 0 Å². The first-order valence-electron chi connectivity index (χ1n) is 8.65. The van der Waals surface area contributed by atoms with E-state index in [1.807, 2.05) is 0 Å². The maximum Gasteiger partial charge on any atom is 0.353 e. The number of hydrogen-bond donors (Lipinski definition) is 0. The number of rotatable bonds is 2. The maximum absolute atomic E-state index is 6.46. The first-order chi connectivity index (χ1) is 11.4. The molecule has 3 aliphatic heterocycles. The molecule has 4 nitrogen and oxygen atoms in total. The molecular formula is C18H21BNO3-. The second-order valence-corrected chi connectivity index (χ2v) is 6.82. The molecule has 0 spiro atoms. The summed E-state index contributed by atoms with van der Waals surface area (Å²) in [6.07, 6.45) is 2.00. The van der Waals surface area contributed by atoms with Gasteiger partial charge in [0.25, 0.3) is 0 Å². The Hall–Kier alpha value is -1.40. The SMILES string of the molecule is c1ccc2c(C3([B-]45OCCN4CCO5)CCCO3)cccc2c1. The van der Waals surface area contributed by atoms with Crippen molar-refractivity contribution in [3.8, 4) is 0 Å². The third-order valence-corrected chi connectivity index (χ3v) is 5.81. The van der Waals surface area contributed by atoms with Crippen molar-refractivity contribution in [1.29, 1.82) is 0 Å². The highest BCUT2D eigenvalue weighted by Crippen LogP contribution is 2.50. The molecule has 3 heterocycles. The molecule has 0 amide bonds. The molecule has 0 N–H and O–H groups in total. The first-order valence-corrected chi connectivity index (χ1v) is 8.65. The summed E-state index contributed by atoms with van der Waals surface area (Å²) in [5.74, 6) is 0. The topological polar surface area (TPSA) is 30.9 Å². The minimum atomic E-state index is -1.57. The van der Waals surface area contributed by atoms with Crippen LogP contribution in [0, 0.1) is 0 Å². The summed E-state index contributed by atoms with van der Waals surface area (Å²) in [5, 5.41) is 2.49. The van der Waals surface area contributed by atoms with Crippen molar-refractivity contribution >= 4 is 17.5 Å². The van der Waals surface area contributed by atoms with Gasteiger partial charge in [0.1, 0.15) is 0 Å². The molecule has 3 saturated heterocycles. The molecule has 3 aliphatic rings. The van der Waals surface area contributed by atoms with Gasteiger partial charge in [0, 0.05) is 25.3 Å². The van der Waals surface area contributed by atoms with Gasteiger partial charge in [0.05, 0.1) is 0 Å². The van der Waals surface area contributed by atoms with Crippen LogP contribution < -0.4 is 0 Å². The minimum Gasteiger partial charge on any atom is -0.552 e. The monoisotopic (exact) mass is 310 g/mol. The van der Waals surface area contributed by atoms with Crippen LogP contribution in [-0.4, -0.2) is 44.4 Å². The molecule has 0 bridgehead atoms. The van der Waals surface area contributed by atoms with Crippen molar-refractivity contribution in [2.45, 2.75) is 18.3 Å². The third-order valence-electron chi connectivity index (χ3n) is 5.81. The van der Waals surface area contributed by atoms with Crippen LogP contribution in [0.2, 0.25) is 0 Å². The van der Waals surface area contributed by atoms with Crippen molar-refractivity contribution in [2.75, 3.05) is 32.9 Å². The zero-order valence-corrected chi connectivity index (χ0v) is 13.2. The number of nitrogens with zero attached hydrogens (tertiary/aromatic N) is 1. The molecule has 2 aromatic rings. The molecular weight excluding hydrogens is 289 g/mol. The molecule has 0 saturated carbocycles. The van der Waals surface area contributed by atoms with Crippen LogP contribution in [0.25, 0.3) is 10.8 Å². The fourth-order valence-corrected chi connectivity index (χ4v) is 4.89. The van der Waals surface area contributed by atoms with Crippen molar-refractivity contribution in [2.24, 2.45) is 0 Å². The van der Waals surface area contributed by atoms with Crippen LogP contribution >= 0.6 is 0 Å². The van der Waals surface area contributed by atoms with Crippen molar-refractivity contribution < 1.29 is 14.0 Å². The van der Waals surface area contributed by atoms with E-state index in [0.29, 0.717) is 0 Å². The predicted octanol–water partition coefficient (Wildman–Crippen LogP) is 2.69. The highest BCUT2D eigenvalue weighted by molar-refractivity contribution is 6.68. The molecule has 0 aromatic heterocycles. The Morgan fingerprint density at radius 2 is 1.70 bits per heavy atom. The van der Waals surface area contributed by atoms with E-state index >= 15 is 0 Å². The lowest BCUT2D eigenvalue weighted by molar-refractivity contribution is 0.0125. The van der Waals surface area contributed by atoms with Crippen LogP contribution in [0.4, 0.5) is 0 Å². The van der Waals surface area contributed by atoms with Crippen molar-refractivity contribution in [1.82, 2.24) is 4.81 Å². The normalized spacial score (nSPS) is 30.1. The Morgan fingerprint density at radius 1 is 0.913 bits per heavy atom. The molecule has 3 fully saturated rings. The van der Waals surface area contributed by atoms with Gasteiger partial charge in [-0.25, -0.2) is 0 Å². The minimum absolute atomic E-state index is 0.478. The Balaban J connectivity index is 1.76. The Kier molecular flexibility index (Phi) is 3.07. The van der Waals surface area contributed by atoms with Crippen LogP contribution in [-0.2, 0) is 19.5 Å². The van der Waals surface area contributed by atoms with Crippen molar-refractivity contribution in [3.63, 3.8) is 0 Å². The van der Waals surface area contributed by atoms with Crippen LogP contribution in [0.3, 0.4) is 0 Å². The molecule has 5 heteroatoms. The van der Waals surface area contributed by atoms with E-state index in [9.17, 15) is 0 Å². The Morgan fingerprint density at radius 3 is 2.48 bits per heavy atom. The van der Waals surface area contributed by atoms with Gasteiger partial charge in [-0.2, -0.15) is 0 Å². The van der Waals surface area contributed by atoms with E-state index in [1.165, 1.54) is 16.3 Å².